The molecule has 3 rings (SSSR count). The summed E-state index contributed by atoms with van der Waals surface area (Å²) < 4.78 is 0. The van der Waals surface area contributed by atoms with Gasteiger partial charge in [-0.25, -0.2) is 4.99 Å². The number of hydrogen-bond donors (Lipinski definition) is 2. The molecule has 5 heteroatoms. The summed E-state index contributed by atoms with van der Waals surface area (Å²) in [6, 6.07) is 4.63. The maximum absolute atomic E-state index is 6.37. The Morgan fingerprint density at radius 2 is 2.00 bits per heavy atom. The monoisotopic (exact) mass is 395 g/mol. The van der Waals surface area contributed by atoms with Crippen LogP contribution < -0.4 is 11.1 Å². The molecule has 1 fully saturated rings. The summed E-state index contributed by atoms with van der Waals surface area (Å²) in [7, 11) is 2.17. The fourth-order valence-corrected chi connectivity index (χ4v) is 3.90. The summed E-state index contributed by atoms with van der Waals surface area (Å²) >= 11 is 0. The van der Waals surface area contributed by atoms with Gasteiger partial charge in [0.2, 0.25) is 0 Å². The van der Waals surface area contributed by atoms with E-state index in [9.17, 15) is 0 Å². The molecule has 2 aliphatic rings. The van der Waals surface area contributed by atoms with Crippen molar-refractivity contribution in [3.8, 4) is 0 Å². The second-order valence-electron chi connectivity index (χ2n) is 8.52. The Kier molecular flexibility index (Phi) is 7.14. The predicted molar refractivity (Wildman–Crippen MR) is 124 cm³/mol. The first-order chi connectivity index (χ1) is 13.9. The third-order valence-electron chi connectivity index (χ3n) is 6.29. The van der Waals surface area contributed by atoms with Crippen molar-refractivity contribution >= 4 is 11.5 Å². The Labute approximate surface area is 176 Å². The molecule has 5 nitrogen and oxygen atoms in total. The molecule has 0 spiro atoms. The molecule has 2 aliphatic heterocycles. The zero-order valence-electron chi connectivity index (χ0n) is 18.6. The van der Waals surface area contributed by atoms with Crippen LogP contribution in [-0.4, -0.2) is 55.4 Å². The lowest BCUT2D eigenvalue weighted by molar-refractivity contribution is 0.191. The Bertz CT molecular complexity index is 800. The molecule has 1 atom stereocenters. The fourth-order valence-electron chi connectivity index (χ4n) is 3.90. The Hall–Kier alpha value is -2.11. The molecule has 0 bridgehead atoms. The van der Waals surface area contributed by atoms with E-state index in [-0.39, 0.29) is 5.92 Å². The van der Waals surface area contributed by atoms with Crippen LogP contribution in [0.3, 0.4) is 0 Å². The van der Waals surface area contributed by atoms with Gasteiger partial charge >= 0.3 is 0 Å². The van der Waals surface area contributed by atoms with Crippen LogP contribution in [0.5, 0.6) is 0 Å². The van der Waals surface area contributed by atoms with Crippen LogP contribution in [0.2, 0.25) is 0 Å². The van der Waals surface area contributed by atoms with E-state index >= 15 is 0 Å². The normalized spacial score (nSPS) is 19.8. The van der Waals surface area contributed by atoms with E-state index in [0.717, 1.165) is 69.1 Å². The Balaban J connectivity index is 1.98. The van der Waals surface area contributed by atoms with Gasteiger partial charge in [-0.2, -0.15) is 0 Å². The SMILES string of the molecule is C=C(/C=C(\N=C(N)C(C)CC)c1cc2c(cc1C)CCNC2)N1CCN(C)CC1. The van der Waals surface area contributed by atoms with E-state index in [1.807, 2.05) is 0 Å². The maximum atomic E-state index is 6.37. The van der Waals surface area contributed by atoms with Crippen molar-refractivity contribution in [2.45, 2.75) is 40.2 Å². The number of nitrogens with two attached hydrogens (primary N) is 1. The summed E-state index contributed by atoms with van der Waals surface area (Å²) in [5.41, 5.74) is 13.5. The lowest BCUT2D eigenvalue weighted by atomic mass is 9.93. The first kappa shape index (κ1) is 21.6. The number of rotatable bonds is 6. The topological polar surface area (TPSA) is 56.9 Å². The van der Waals surface area contributed by atoms with E-state index in [1.165, 1.54) is 16.7 Å². The molecule has 0 amide bonds. The summed E-state index contributed by atoms with van der Waals surface area (Å²) in [4.78, 5) is 9.62. The van der Waals surface area contributed by atoms with Gasteiger partial charge in [-0.15, -0.1) is 0 Å². The van der Waals surface area contributed by atoms with Gasteiger partial charge in [0.25, 0.3) is 0 Å². The van der Waals surface area contributed by atoms with Crippen molar-refractivity contribution in [3.05, 3.63) is 52.7 Å². The van der Waals surface area contributed by atoms with Gasteiger partial charge in [0, 0.05) is 49.9 Å². The van der Waals surface area contributed by atoms with Crippen molar-refractivity contribution < 1.29 is 0 Å². The van der Waals surface area contributed by atoms with Crippen LogP contribution in [-0.2, 0) is 13.0 Å². The van der Waals surface area contributed by atoms with E-state index < -0.39 is 0 Å². The van der Waals surface area contributed by atoms with Gasteiger partial charge in [-0.1, -0.05) is 26.5 Å². The highest BCUT2D eigenvalue weighted by Gasteiger charge is 2.18. The largest absolute Gasteiger partial charge is 0.387 e. The number of aliphatic imine (C=N–C) groups is 1. The standard InChI is InChI=1S/C24H37N5/c1-6-17(2)24(25)27-23(14-19(4)29-11-9-28(5)10-12-29)22-15-21-16-26-8-7-20(21)13-18(22)3/h13-15,17,26H,4,6-12,16H2,1-3,5H3,(H2,25,27)/b23-14-. The molecule has 1 aromatic carbocycles. The number of fused-ring (bicyclic) bond motifs is 1. The van der Waals surface area contributed by atoms with Crippen molar-refractivity contribution in [1.29, 1.82) is 0 Å². The number of amidine groups is 1. The third-order valence-corrected chi connectivity index (χ3v) is 6.29. The molecule has 1 saturated heterocycles. The highest BCUT2D eigenvalue weighted by Crippen LogP contribution is 2.28. The van der Waals surface area contributed by atoms with Gasteiger partial charge in [-0.3, -0.25) is 0 Å². The molecule has 2 heterocycles. The molecule has 0 saturated carbocycles. The predicted octanol–water partition coefficient (Wildman–Crippen LogP) is 3.15. The van der Waals surface area contributed by atoms with Gasteiger partial charge < -0.3 is 20.9 Å². The Morgan fingerprint density at radius 1 is 1.28 bits per heavy atom. The fraction of sp³-hybridized carbons (Fsp3) is 0.542. The number of piperazine rings is 1. The third kappa shape index (κ3) is 5.28. The van der Waals surface area contributed by atoms with Gasteiger partial charge in [-0.05, 0) is 62.2 Å². The van der Waals surface area contributed by atoms with Crippen LogP contribution in [0.25, 0.3) is 5.70 Å². The average Bonchev–Trinajstić information content (AvgIpc) is 2.72. The van der Waals surface area contributed by atoms with Crippen LogP contribution in [0.1, 0.15) is 42.5 Å². The first-order valence-corrected chi connectivity index (χ1v) is 10.9. The summed E-state index contributed by atoms with van der Waals surface area (Å²) in [5.74, 6) is 0.954. The van der Waals surface area contributed by atoms with Crippen molar-refractivity contribution in [2.75, 3.05) is 39.8 Å². The van der Waals surface area contributed by atoms with E-state index in [2.05, 4.69) is 67.7 Å². The van der Waals surface area contributed by atoms with E-state index in [0.29, 0.717) is 5.84 Å². The van der Waals surface area contributed by atoms with Crippen molar-refractivity contribution in [3.63, 3.8) is 0 Å². The van der Waals surface area contributed by atoms with Crippen LogP contribution in [0, 0.1) is 12.8 Å². The lowest BCUT2D eigenvalue weighted by Crippen LogP contribution is -2.43. The number of aryl methyl sites for hydroxylation is 1. The zero-order chi connectivity index (χ0) is 21.0. The molecular weight excluding hydrogens is 358 g/mol. The van der Waals surface area contributed by atoms with Crippen LogP contribution in [0.4, 0.5) is 0 Å². The second kappa shape index (κ2) is 9.59. The van der Waals surface area contributed by atoms with E-state index in [1.54, 1.807) is 0 Å². The molecule has 0 aromatic heterocycles. The number of benzene rings is 1. The molecule has 29 heavy (non-hydrogen) atoms. The van der Waals surface area contributed by atoms with Crippen LogP contribution in [0.15, 0.2) is 35.5 Å². The molecule has 0 aliphatic carbocycles. The van der Waals surface area contributed by atoms with Crippen molar-refractivity contribution in [2.24, 2.45) is 16.6 Å². The summed E-state index contributed by atoms with van der Waals surface area (Å²) in [6.45, 7) is 16.9. The zero-order valence-corrected chi connectivity index (χ0v) is 18.6. The highest BCUT2D eigenvalue weighted by molar-refractivity contribution is 5.89. The van der Waals surface area contributed by atoms with E-state index in [4.69, 9.17) is 10.7 Å². The maximum Gasteiger partial charge on any atom is 0.102 e. The second-order valence-corrected chi connectivity index (χ2v) is 8.52. The lowest BCUT2D eigenvalue weighted by Gasteiger charge is -2.34. The minimum absolute atomic E-state index is 0.259. The molecular formula is C24H37N5. The Morgan fingerprint density at radius 3 is 2.69 bits per heavy atom. The minimum atomic E-state index is 0.259. The minimum Gasteiger partial charge on any atom is -0.387 e. The number of nitrogens with zero attached hydrogens (tertiary/aromatic N) is 3. The molecule has 3 N–H and O–H groups in total. The molecule has 1 unspecified atom stereocenters. The van der Waals surface area contributed by atoms with Gasteiger partial charge in [0.1, 0.15) is 5.84 Å². The van der Waals surface area contributed by atoms with Crippen LogP contribution >= 0.6 is 0 Å². The van der Waals surface area contributed by atoms with Crippen molar-refractivity contribution in [1.82, 2.24) is 15.1 Å². The smallest absolute Gasteiger partial charge is 0.102 e. The number of allylic oxidation sites excluding steroid dienone is 1. The number of likely N-dealkylation sites (N-methyl/N-ethyl adjacent to an activating group) is 1. The summed E-state index contributed by atoms with van der Waals surface area (Å²) in [6.07, 6.45) is 4.20. The van der Waals surface area contributed by atoms with Gasteiger partial charge in [0.05, 0.1) is 5.70 Å². The first-order valence-electron chi connectivity index (χ1n) is 10.9. The average molecular weight is 396 g/mol. The molecule has 158 valence electrons. The van der Waals surface area contributed by atoms with Gasteiger partial charge in [0.15, 0.2) is 0 Å². The number of nitrogens with one attached hydrogen (secondary N) is 1. The quantitative estimate of drug-likeness (QED) is 0.441. The number of hydrogen-bond acceptors (Lipinski definition) is 4. The molecule has 0 radical (unpaired) electrons. The molecule has 1 aromatic rings. The highest BCUT2D eigenvalue weighted by atomic mass is 15.2. The summed E-state index contributed by atoms with van der Waals surface area (Å²) in [5, 5.41) is 3.48.